The zero-order chi connectivity index (χ0) is 21.5. The second-order valence-electron chi connectivity index (χ2n) is 7.47. The number of hydrogen-bond donors (Lipinski definition) is 1. The van der Waals surface area contributed by atoms with Crippen LogP contribution in [0, 0.1) is 5.92 Å². The van der Waals surface area contributed by atoms with Gasteiger partial charge in [0.15, 0.2) is 5.13 Å². The Morgan fingerprint density at radius 2 is 2.17 bits per heavy atom. The quantitative estimate of drug-likeness (QED) is 0.453. The van der Waals surface area contributed by atoms with Gasteiger partial charge in [-0.1, -0.05) is 24.6 Å². The van der Waals surface area contributed by atoms with Crippen LogP contribution in [0.25, 0.3) is 0 Å². The highest BCUT2D eigenvalue weighted by atomic mass is 35.5. The van der Waals surface area contributed by atoms with Gasteiger partial charge in [-0.15, -0.1) is 22.7 Å². The zero-order valence-electron chi connectivity index (χ0n) is 16.0. The first kappa shape index (κ1) is 21.3. The molecular weight excluding hydrogens is 453 g/mol. The Bertz CT molecular complexity index is 1090. The summed E-state index contributed by atoms with van der Waals surface area (Å²) in [6.07, 6.45) is 0.343. The van der Waals surface area contributed by atoms with Gasteiger partial charge in [-0.3, -0.25) is 10.1 Å². The van der Waals surface area contributed by atoms with Crippen LogP contribution < -0.4 is 5.32 Å². The number of carbonyl (C=O) groups is 1. The second kappa shape index (κ2) is 8.32. The van der Waals surface area contributed by atoms with Gasteiger partial charge in [0.2, 0.25) is 0 Å². The van der Waals surface area contributed by atoms with Crippen molar-refractivity contribution in [1.29, 1.82) is 0 Å². The van der Waals surface area contributed by atoms with Crippen molar-refractivity contribution in [1.82, 2.24) is 4.98 Å². The third-order valence-corrected chi connectivity index (χ3v) is 7.43. The van der Waals surface area contributed by atoms with Crippen molar-refractivity contribution in [3.8, 4) is 0 Å². The lowest BCUT2D eigenvalue weighted by Gasteiger charge is -2.18. The van der Waals surface area contributed by atoms with Crippen LogP contribution in [0.3, 0.4) is 0 Å². The highest BCUT2D eigenvalue weighted by Crippen LogP contribution is 2.36. The number of rotatable bonds is 4. The molecule has 0 aliphatic heterocycles. The summed E-state index contributed by atoms with van der Waals surface area (Å²) in [5.41, 5.74) is 1.46. The van der Waals surface area contributed by atoms with Gasteiger partial charge in [0.1, 0.15) is 0 Å². The SMILES string of the molecule is CC1CCc2c(C(=O)Nc3ncc(Cc4ccc(Cl)c(C(F)(F)F)c4)s3)csc2C1. The fourth-order valence-corrected chi connectivity index (χ4v) is 5.89. The van der Waals surface area contributed by atoms with E-state index in [1.165, 1.54) is 22.3 Å². The molecule has 1 aliphatic rings. The normalized spacial score (nSPS) is 16.4. The number of fused-ring (bicyclic) bond motifs is 1. The molecule has 0 saturated carbocycles. The lowest BCUT2D eigenvalue weighted by Crippen LogP contribution is -2.16. The number of halogens is 4. The van der Waals surface area contributed by atoms with Gasteiger partial charge in [0.25, 0.3) is 5.91 Å². The molecule has 0 fully saturated rings. The van der Waals surface area contributed by atoms with E-state index in [0.717, 1.165) is 35.8 Å². The standard InChI is InChI=1S/C21H18ClF3N2OS2/c1-11-2-4-14-15(10-29-18(14)6-11)19(28)27-20-26-9-13(30-20)7-12-3-5-17(22)16(8-12)21(23,24)25/h3,5,8-11H,2,4,6-7H2,1H3,(H,26,27,28). The van der Waals surface area contributed by atoms with Crippen LogP contribution in [0.4, 0.5) is 18.3 Å². The van der Waals surface area contributed by atoms with Crippen molar-refractivity contribution in [2.75, 3.05) is 5.32 Å². The van der Waals surface area contributed by atoms with E-state index in [1.807, 2.05) is 5.38 Å². The molecule has 0 saturated heterocycles. The molecule has 1 N–H and O–H groups in total. The summed E-state index contributed by atoms with van der Waals surface area (Å²) in [4.78, 5) is 19.0. The number of nitrogens with zero attached hydrogens (tertiary/aromatic N) is 1. The van der Waals surface area contributed by atoms with Gasteiger partial charge in [0.05, 0.1) is 16.1 Å². The fourth-order valence-electron chi connectivity index (χ4n) is 3.58. The Morgan fingerprint density at radius 1 is 1.37 bits per heavy atom. The highest BCUT2D eigenvalue weighted by molar-refractivity contribution is 7.15. The summed E-state index contributed by atoms with van der Waals surface area (Å²) in [6.45, 7) is 2.22. The zero-order valence-corrected chi connectivity index (χ0v) is 18.4. The largest absolute Gasteiger partial charge is 0.417 e. The van der Waals surface area contributed by atoms with Gasteiger partial charge in [-0.05, 0) is 48.4 Å². The molecule has 2 aromatic heterocycles. The van der Waals surface area contributed by atoms with E-state index in [9.17, 15) is 18.0 Å². The Morgan fingerprint density at radius 3 is 2.93 bits per heavy atom. The molecule has 1 unspecified atom stereocenters. The minimum atomic E-state index is -4.50. The summed E-state index contributed by atoms with van der Waals surface area (Å²) in [5.74, 6) is 0.452. The topological polar surface area (TPSA) is 42.0 Å². The number of thiophene rings is 1. The van der Waals surface area contributed by atoms with Crippen LogP contribution in [0.15, 0.2) is 29.8 Å². The Kier molecular flexibility index (Phi) is 5.92. The van der Waals surface area contributed by atoms with Crippen LogP contribution in [0.5, 0.6) is 0 Å². The molecule has 158 valence electrons. The number of hydrogen-bond acceptors (Lipinski definition) is 4. The summed E-state index contributed by atoms with van der Waals surface area (Å²) in [5, 5.41) is 4.84. The Hall–Kier alpha value is -1.90. The molecule has 30 heavy (non-hydrogen) atoms. The minimum Gasteiger partial charge on any atom is -0.298 e. The van der Waals surface area contributed by atoms with Crippen molar-refractivity contribution in [2.24, 2.45) is 5.92 Å². The van der Waals surface area contributed by atoms with Crippen LogP contribution in [0.2, 0.25) is 5.02 Å². The molecule has 1 atom stereocenters. The number of carbonyl (C=O) groups excluding carboxylic acids is 1. The number of anilines is 1. The predicted molar refractivity (Wildman–Crippen MR) is 115 cm³/mol. The van der Waals surface area contributed by atoms with Crippen molar-refractivity contribution in [3.05, 3.63) is 66.8 Å². The van der Waals surface area contributed by atoms with Crippen LogP contribution >= 0.6 is 34.3 Å². The molecule has 0 spiro atoms. The van der Waals surface area contributed by atoms with Gasteiger partial charge in [-0.25, -0.2) is 4.98 Å². The number of thiazole rings is 1. The smallest absolute Gasteiger partial charge is 0.298 e. The number of nitrogens with one attached hydrogen (secondary N) is 1. The van der Waals surface area contributed by atoms with E-state index < -0.39 is 11.7 Å². The van der Waals surface area contributed by atoms with E-state index in [4.69, 9.17) is 11.6 Å². The number of amides is 1. The van der Waals surface area contributed by atoms with E-state index in [1.54, 1.807) is 23.6 Å². The molecule has 2 heterocycles. The molecule has 0 radical (unpaired) electrons. The van der Waals surface area contributed by atoms with Crippen molar-refractivity contribution >= 4 is 45.3 Å². The summed E-state index contributed by atoms with van der Waals surface area (Å²) < 4.78 is 39.2. The first-order chi connectivity index (χ1) is 14.2. The van der Waals surface area contributed by atoms with Gasteiger partial charge < -0.3 is 0 Å². The molecule has 1 aliphatic carbocycles. The predicted octanol–water partition coefficient (Wildman–Crippen LogP) is 6.84. The van der Waals surface area contributed by atoms with Gasteiger partial charge in [-0.2, -0.15) is 13.2 Å². The lowest BCUT2D eigenvalue weighted by atomic mass is 9.88. The van der Waals surface area contributed by atoms with Crippen molar-refractivity contribution < 1.29 is 18.0 Å². The van der Waals surface area contributed by atoms with E-state index >= 15 is 0 Å². The third kappa shape index (κ3) is 4.55. The number of aromatic nitrogens is 1. The van der Waals surface area contributed by atoms with E-state index in [-0.39, 0.29) is 17.4 Å². The molecular formula is C21H18ClF3N2OS2. The third-order valence-electron chi connectivity index (χ3n) is 5.13. The van der Waals surface area contributed by atoms with Crippen LogP contribution in [-0.4, -0.2) is 10.9 Å². The average Bonchev–Trinajstić information content (AvgIpc) is 3.28. The Balaban J connectivity index is 1.46. The van der Waals surface area contributed by atoms with Crippen molar-refractivity contribution in [2.45, 2.75) is 38.8 Å². The molecule has 3 aromatic rings. The van der Waals surface area contributed by atoms with E-state index in [2.05, 4.69) is 17.2 Å². The maximum Gasteiger partial charge on any atom is 0.417 e. The maximum absolute atomic E-state index is 13.1. The number of benzene rings is 1. The molecule has 3 nitrogen and oxygen atoms in total. The fraction of sp³-hybridized carbons (Fsp3) is 0.333. The first-order valence-corrected chi connectivity index (χ1v) is 11.5. The van der Waals surface area contributed by atoms with Gasteiger partial charge in [0, 0.05) is 27.8 Å². The summed E-state index contributed by atoms with van der Waals surface area (Å²) in [6, 6.07) is 3.87. The average molecular weight is 471 g/mol. The second-order valence-corrected chi connectivity index (χ2v) is 9.96. The first-order valence-electron chi connectivity index (χ1n) is 9.41. The number of alkyl halides is 3. The van der Waals surface area contributed by atoms with E-state index in [0.29, 0.717) is 22.2 Å². The highest BCUT2D eigenvalue weighted by Gasteiger charge is 2.33. The van der Waals surface area contributed by atoms with Gasteiger partial charge >= 0.3 is 6.18 Å². The van der Waals surface area contributed by atoms with Crippen LogP contribution in [-0.2, 0) is 25.4 Å². The Labute approximate surface area is 184 Å². The summed E-state index contributed by atoms with van der Waals surface area (Å²) >= 11 is 8.56. The summed E-state index contributed by atoms with van der Waals surface area (Å²) in [7, 11) is 0. The van der Waals surface area contributed by atoms with Crippen LogP contribution in [0.1, 0.15) is 50.1 Å². The molecule has 0 bridgehead atoms. The maximum atomic E-state index is 13.1. The molecule has 1 aromatic carbocycles. The molecule has 4 rings (SSSR count). The lowest BCUT2D eigenvalue weighted by molar-refractivity contribution is -0.137. The monoisotopic (exact) mass is 470 g/mol. The molecule has 9 heteroatoms. The van der Waals surface area contributed by atoms with Crippen molar-refractivity contribution in [3.63, 3.8) is 0 Å². The minimum absolute atomic E-state index is 0.186. The molecule has 1 amide bonds.